The van der Waals surface area contributed by atoms with Crippen LogP contribution in [0.3, 0.4) is 0 Å². The summed E-state index contributed by atoms with van der Waals surface area (Å²) < 4.78 is 83.6. The summed E-state index contributed by atoms with van der Waals surface area (Å²) in [5, 5.41) is 12.6. The van der Waals surface area contributed by atoms with Gasteiger partial charge in [-0.05, 0) is 75.6 Å². The lowest BCUT2D eigenvalue weighted by Gasteiger charge is -2.35. The first kappa shape index (κ1) is 39.0. The van der Waals surface area contributed by atoms with Crippen LogP contribution in [-0.2, 0) is 19.6 Å². The number of fused-ring (bicyclic) bond motifs is 1. The first-order chi connectivity index (χ1) is 22.5. The minimum Gasteiger partial charge on any atom is -0.497 e. The van der Waals surface area contributed by atoms with Crippen molar-refractivity contribution in [3.8, 4) is 11.5 Å². The van der Waals surface area contributed by atoms with Gasteiger partial charge in [-0.15, -0.1) is 0 Å². The number of nitrogens with zero attached hydrogens (tertiary/aromatic N) is 2. The van der Waals surface area contributed by atoms with E-state index in [1.807, 2.05) is 13.8 Å². The van der Waals surface area contributed by atoms with Gasteiger partial charge in [0.05, 0.1) is 48.8 Å². The predicted molar refractivity (Wildman–Crippen MR) is 174 cm³/mol. The fraction of sp³-hybridized carbons (Fsp3) is 0.576. The van der Waals surface area contributed by atoms with E-state index in [2.05, 4.69) is 5.32 Å². The molecule has 2 amide bonds. The number of hydrogen-bond acceptors (Lipinski definition) is 8. The Bertz CT molecular complexity index is 1470. The summed E-state index contributed by atoms with van der Waals surface area (Å²) in [6, 6.07) is 9.64. The van der Waals surface area contributed by atoms with Gasteiger partial charge in [-0.25, -0.2) is 8.42 Å². The van der Waals surface area contributed by atoms with Crippen molar-refractivity contribution >= 4 is 27.5 Å². The smallest absolute Gasteiger partial charge is 0.389 e. The molecule has 0 spiro atoms. The number of carbonyl (C=O) groups is 2. The minimum atomic E-state index is -4.50. The van der Waals surface area contributed by atoms with Gasteiger partial charge >= 0.3 is 6.18 Å². The Morgan fingerprint density at radius 1 is 1.17 bits per heavy atom. The lowest BCUT2D eigenvalue weighted by molar-refractivity contribution is -0.142. The van der Waals surface area contributed by atoms with E-state index >= 15 is 0 Å². The topological polar surface area (TPSA) is 135 Å². The Kier molecular flexibility index (Phi) is 14.1. The molecule has 0 fully saturated rings. The maximum atomic E-state index is 14.2. The van der Waals surface area contributed by atoms with Crippen molar-refractivity contribution < 1.29 is 50.5 Å². The monoisotopic (exact) mass is 701 g/mol. The Balaban J connectivity index is 1.93. The number of sulfonamides is 1. The highest BCUT2D eigenvalue weighted by Gasteiger charge is 2.33. The molecule has 0 aromatic heterocycles. The number of benzene rings is 2. The molecule has 2 N–H and O–H groups in total. The van der Waals surface area contributed by atoms with E-state index in [1.165, 1.54) is 53.7 Å². The summed E-state index contributed by atoms with van der Waals surface area (Å²) in [7, 11) is -0.960. The molecule has 15 heteroatoms. The summed E-state index contributed by atoms with van der Waals surface area (Å²) >= 11 is 0. The number of methoxy groups -OCH3 is 1. The van der Waals surface area contributed by atoms with Gasteiger partial charge < -0.3 is 29.5 Å². The normalized spacial score (nSPS) is 20.8. The van der Waals surface area contributed by atoms with Crippen LogP contribution in [0.15, 0.2) is 47.4 Å². The summed E-state index contributed by atoms with van der Waals surface area (Å²) in [5.74, 6) is -1.10. The molecule has 2 aromatic carbocycles. The molecule has 0 bridgehead atoms. The maximum absolute atomic E-state index is 14.2. The Morgan fingerprint density at radius 2 is 1.85 bits per heavy atom. The molecule has 48 heavy (non-hydrogen) atoms. The average Bonchev–Trinajstić information content (AvgIpc) is 3.04. The van der Waals surface area contributed by atoms with Gasteiger partial charge in [0.25, 0.3) is 5.91 Å². The van der Waals surface area contributed by atoms with Crippen LogP contribution in [0.5, 0.6) is 11.5 Å². The van der Waals surface area contributed by atoms with Crippen molar-refractivity contribution in [3.63, 3.8) is 0 Å². The summed E-state index contributed by atoms with van der Waals surface area (Å²) in [4.78, 5) is 28.0. The first-order valence-corrected chi connectivity index (χ1v) is 17.3. The molecule has 1 heterocycles. The molecule has 0 saturated carbocycles. The van der Waals surface area contributed by atoms with E-state index in [9.17, 15) is 36.3 Å². The number of nitrogens with one attached hydrogen (secondary N) is 1. The van der Waals surface area contributed by atoms with Crippen LogP contribution >= 0.6 is 0 Å². The standard InChI is InChI=1S/C33H46F3N3O8S/c1-22-19-39(23(2)21-40)32(42)28-18-25(37-31(41)15-16-33(34,35)36)9-14-29(28)47-24(3)8-6-7-17-46-30(22)20-38(4)48(43,44)27-12-10-26(45-5)11-13-27/h9-14,18,22-24,30,40H,6-8,15-17,19-21H2,1-5H3,(H,37,41)/t22-,23-,24-,30-/m0/s1. The van der Waals surface area contributed by atoms with Crippen LogP contribution in [-0.4, -0.2) is 99.4 Å². The third-order valence-electron chi connectivity index (χ3n) is 8.18. The number of alkyl halides is 3. The lowest BCUT2D eigenvalue weighted by atomic mass is 10.0. The Labute approximate surface area is 280 Å². The Morgan fingerprint density at radius 3 is 2.48 bits per heavy atom. The summed E-state index contributed by atoms with van der Waals surface area (Å²) in [6.07, 6.45) is -5.55. The molecule has 0 saturated heterocycles. The zero-order valence-corrected chi connectivity index (χ0v) is 28.8. The van der Waals surface area contributed by atoms with E-state index in [-0.39, 0.29) is 41.1 Å². The molecule has 11 nitrogen and oxygen atoms in total. The Hall–Kier alpha value is -3.40. The van der Waals surface area contributed by atoms with Crippen molar-refractivity contribution in [1.29, 1.82) is 0 Å². The predicted octanol–water partition coefficient (Wildman–Crippen LogP) is 5.09. The van der Waals surface area contributed by atoms with Crippen molar-refractivity contribution in [1.82, 2.24) is 9.21 Å². The number of aliphatic hydroxyl groups is 1. The third-order valence-corrected chi connectivity index (χ3v) is 10.0. The third kappa shape index (κ3) is 11.1. The van der Waals surface area contributed by atoms with Crippen LogP contribution in [0.2, 0.25) is 0 Å². The molecule has 3 rings (SSSR count). The highest BCUT2D eigenvalue weighted by atomic mass is 32.2. The quantitative estimate of drug-likeness (QED) is 0.350. The van der Waals surface area contributed by atoms with E-state index in [1.54, 1.807) is 19.1 Å². The summed E-state index contributed by atoms with van der Waals surface area (Å²) in [5.41, 5.74) is 0.166. The van der Waals surface area contributed by atoms with E-state index in [0.29, 0.717) is 31.6 Å². The number of amides is 2. The molecule has 0 aliphatic carbocycles. The van der Waals surface area contributed by atoms with Crippen molar-refractivity contribution in [2.24, 2.45) is 5.92 Å². The molecule has 0 unspecified atom stereocenters. The highest BCUT2D eigenvalue weighted by molar-refractivity contribution is 7.89. The lowest BCUT2D eigenvalue weighted by Crippen LogP contribution is -2.48. The number of carbonyl (C=O) groups excluding carboxylic acids is 2. The van der Waals surface area contributed by atoms with Gasteiger partial charge in [-0.3, -0.25) is 9.59 Å². The highest BCUT2D eigenvalue weighted by Crippen LogP contribution is 2.29. The van der Waals surface area contributed by atoms with Gasteiger partial charge in [-0.1, -0.05) is 6.92 Å². The van der Waals surface area contributed by atoms with Crippen LogP contribution < -0.4 is 14.8 Å². The zero-order chi connectivity index (χ0) is 35.6. The second-order valence-corrected chi connectivity index (χ2v) is 14.2. The van der Waals surface area contributed by atoms with Crippen molar-refractivity contribution in [2.75, 3.05) is 45.8 Å². The van der Waals surface area contributed by atoms with Crippen LogP contribution in [0.25, 0.3) is 0 Å². The molecule has 1 aliphatic rings. The van der Waals surface area contributed by atoms with E-state index < -0.39 is 65.5 Å². The number of rotatable bonds is 10. The second kappa shape index (κ2) is 17.3. The maximum Gasteiger partial charge on any atom is 0.389 e. The van der Waals surface area contributed by atoms with Gasteiger partial charge in [0.15, 0.2) is 0 Å². The molecule has 0 radical (unpaired) electrons. The number of anilines is 1. The number of aliphatic hydroxyl groups excluding tert-OH is 1. The fourth-order valence-corrected chi connectivity index (χ4v) is 6.40. The molecule has 2 aromatic rings. The number of hydrogen-bond donors (Lipinski definition) is 2. The van der Waals surface area contributed by atoms with E-state index in [0.717, 1.165) is 0 Å². The van der Waals surface area contributed by atoms with Crippen LogP contribution in [0, 0.1) is 5.92 Å². The molecule has 4 atom stereocenters. The molecular weight excluding hydrogens is 655 g/mol. The average molecular weight is 702 g/mol. The first-order valence-electron chi connectivity index (χ1n) is 15.9. The summed E-state index contributed by atoms with van der Waals surface area (Å²) in [6.45, 7) is 5.30. The number of halogens is 3. The van der Waals surface area contributed by atoms with Gasteiger partial charge in [0, 0.05) is 44.8 Å². The molecular formula is C33H46F3N3O8S. The van der Waals surface area contributed by atoms with Crippen molar-refractivity contribution in [2.45, 2.75) is 82.2 Å². The zero-order valence-electron chi connectivity index (χ0n) is 28.0. The largest absolute Gasteiger partial charge is 0.497 e. The van der Waals surface area contributed by atoms with Crippen LogP contribution in [0.1, 0.15) is 63.2 Å². The van der Waals surface area contributed by atoms with Crippen molar-refractivity contribution in [3.05, 3.63) is 48.0 Å². The van der Waals surface area contributed by atoms with Gasteiger partial charge in [0.2, 0.25) is 15.9 Å². The molecule has 1 aliphatic heterocycles. The fourth-order valence-electron chi connectivity index (χ4n) is 5.22. The van der Waals surface area contributed by atoms with Gasteiger partial charge in [0.1, 0.15) is 11.5 Å². The van der Waals surface area contributed by atoms with Gasteiger partial charge in [-0.2, -0.15) is 17.5 Å². The second-order valence-electron chi connectivity index (χ2n) is 12.1. The minimum absolute atomic E-state index is 0.0186. The van der Waals surface area contributed by atoms with E-state index in [4.69, 9.17) is 14.2 Å². The number of likely N-dealkylation sites (N-methyl/N-ethyl adjacent to an activating group) is 1. The number of ether oxygens (including phenoxy) is 3. The van der Waals surface area contributed by atoms with Crippen LogP contribution in [0.4, 0.5) is 18.9 Å². The SMILES string of the molecule is COc1ccc(S(=O)(=O)N(C)C[C@@H]2OCCCC[C@H](C)Oc3ccc(NC(=O)CCC(F)(F)F)cc3C(=O)N([C@@H](C)CO)C[C@@H]2C)cc1. The molecule has 268 valence electrons.